The number of carbonyl (C=O) groups excluding carboxylic acids is 1. The van der Waals surface area contributed by atoms with Crippen LogP contribution in [-0.2, 0) is 21.6 Å². The normalized spacial score (nSPS) is 22.0. The predicted octanol–water partition coefficient (Wildman–Crippen LogP) is 3.46. The summed E-state index contributed by atoms with van der Waals surface area (Å²) in [7, 11) is 0. The van der Waals surface area contributed by atoms with Gasteiger partial charge in [0.15, 0.2) is 0 Å². The van der Waals surface area contributed by atoms with Crippen molar-refractivity contribution >= 4 is 21.8 Å². The monoisotopic (exact) mass is 414 g/mol. The van der Waals surface area contributed by atoms with E-state index in [0.29, 0.717) is 13.2 Å². The third-order valence-corrected chi connectivity index (χ3v) is 5.73. The van der Waals surface area contributed by atoms with Crippen LogP contribution in [0.15, 0.2) is 59.1 Å². The fourth-order valence-electron chi connectivity index (χ4n) is 3.54. The van der Waals surface area contributed by atoms with Gasteiger partial charge in [-0.3, -0.25) is 9.69 Å². The Morgan fingerprint density at radius 3 is 2.58 bits per heavy atom. The third-order valence-electron chi connectivity index (χ3n) is 5.20. The van der Waals surface area contributed by atoms with Gasteiger partial charge in [0.25, 0.3) is 5.91 Å². The summed E-state index contributed by atoms with van der Waals surface area (Å²) in [5.41, 5.74) is 2.23. The Bertz CT molecular complexity index is 759. The van der Waals surface area contributed by atoms with Gasteiger partial charge in [-0.25, -0.2) is 0 Å². The van der Waals surface area contributed by atoms with Crippen LogP contribution in [0, 0.1) is 0 Å². The minimum atomic E-state index is -0.402. The standard InChI is InChI=1S/C21H23BrN2O2/c22-18-8-6-17(7-9-18)21(10-11-21)23-20(25)19-15-24(12-13-26-19)14-16-4-2-1-3-5-16/h1-9,19H,10-15H2,(H,23,25)/t19-/m1/s1. The van der Waals surface area contributed by atoms with Gasteiger partial charge in [-0.2, -0.15) is 0 Å². The summed E-state index contributed by atoms with van der Waals surface area (Å²) in [6.07, 6.45) is 1.57. The SMILES string of the molecule is O=C(NC1(c2ccc(Br)cc2)CC1)[C@H]1CN(Cc2ccccc2)CCO1. The highest BCUT2D eigenvalue weighted by Gasteiger charge is 2.46. The quantitative estimate of drug-likeness (QED) is 0.814. The molecule has 1 aliphatic heterocycles. The Morgan fingerprint density at radius 1 is 1.15 bits per heavy atom. The van der Waals surface area contributed by atoms with Crippen molar-refractivity contribution < 1.29 is 9.53 Å². The number of hydrogen-bond donors (Lipinski definition) is 1. The van der Waals surface area contributed by atoms with Crippen molar-refractivity contribution in [2.45, 2.75) is 31.0 Å². The second-order valence-electron chi connectivity index (χ2n) is 7.16. The molecule has 2 aromatic rings. The van der Waals surface area contributed by atoms with E-state index in [-0.39, 0.29) is 11.4 Å². The van der Waals surface area contributed by atoms with E-state index in [4.69, 9.17) is 4.74 Å². The highest BCUT2D eigenvalue weighted by Crippen LogP contribution is 2.45. The van der Waals surface area contributed by atoms with E-state index in [1.807, 2.05) is 18.2 Å². The molecule has 0 aromatic heterocycles. The van der Waals surface area contributed by atoms with Crippen LogP contribution in [0.1, 0.15) is 24.0 Å². The van der Waals surface area contributed by atoms with E-state index < -0.39 is 6.10 Å². The van der Waals surface area contributed by atoms with Gasteiger partial charge in [0.1, 0.15) is 6.10 Å². The largest absolute Gasteiger partial charge is 0.366 e. The summed E-state index contributed by atoms with van der Waals surface area (Å²) in [6, 6.07) is 18.6. The second kappa shape index (κ2) is 7.51. The first kappa shape index (κ1) is 17.7. The lowest BCUT2D eigenvalue weighted by atomic mass is 10.0. The molecule has 136 valence electrons. The van der Waals surface area contributed by atoms with Crippen LogP contribution in [-0.4, -0.2) is 36.6 Å². The molecule has 1 aliphatic carbocycles. The molecule has 4 rings (SSSR count). The zero-order valence-corrected chi connectivity index (χ0v) is 16.2. The summed E-state index contributed by atoms with van der Waals surface area (Å²) in [6.45, 7) is 2.94. The van der Waals surface area contributed by atoms with Crippen molar-refractivity contribution in [1.82, 2.24) is 10.2 Å². The van der Waals surface area contributed by atoms with E-state index in [1.165, 1.54) is 11.1 Å². The van der Waals surface area contributed by atoms with Gasteiger partial charge in [-0.1, -0.05) is 58.4 Å². The highest BCUT2D eigenvalue weighted by molar-refractivity contribution is 9.10. The topological polar surface area (TPSA) is 41.6 Å². The molecule has 1 amide bonds. The van der Waals surface area contributed by atoms with Gasteiger partial charge in [0.2, 0.25) is 0 Å². The van der Waals surface area contributed by atoms with Crippen LogP contribution in [0.2, 0.25) is 0 Å². The number of nitrogens with one attached hydrogen (secondary N) is 1. The summed E-state index contributed by atoms with van der Waals surface area (Å²) >= 11 is 3.47. The minimum absolute atomic E-state index is 0.00294. The van der Waals surface area contributed by atoms with Gasteiger partial charge in [-0.05, 0) is 36.1 Å². The first-order valence-electron chi connectivity index (χ1n) is 9.11. The summed E-state index contributed by atoms with van der Waals surface area (Å²) in [5.74, 6) is 0.00294. The predicted molar refractivity (Wildman–Crippen MR) is 105 cm³/mol. The van der Waals surface area contributed by atoms with Crippen LogP contribution in [0.3, 0.4) is 0 Å². The number of rotatable bonds is 5. The Balaban J connectivity index is 1.38. The lowest BCUT2D eigenvalue weighted by Gasteiger charge is -2.33. The lowest BCUT2D eigenvalue weighted by molar-refractivity contribution is -0.139. The zero-order valence-electron chi connectivity index (χ0n) is 14.7. The van der Waals surface area contributed by atoms with Gasteiger partial charge >= 0.3 is 0 Å². The molecular weight excluding hydrogens is 392 g/mol. The number of morpholine rings is 1. The van der Waals surface area contributed by atoms with Crippen molar-refractivity contribution in [1.29, 1.82) is 0 Å². The molecule has 1 heterocycles. The smallest absolute Gasteiger partial charge is 0.251 e. The molecule has 1 saturated carbocycles. The molecule has 2 aliphatic rings. The van der Waals surface area contributed by atoms with E-state index in [2.05, 4.69) is 62.5 Å². The molecule has 4 nitrogen and oxygen atoms in total. The lowest BCUT2D eigenvalue weighted by Crippen LogP contribution is -2.51. The molecule has 0 bridgehead atoms. The van der Waals surface area contributed by atoms with Gasteiger partial charge in [0.05, 0.1) is 12.1 Å². The number of halogens is 1. The fraction of sp³-hybridized carbons (Fsp3) is 0.381. The molecule has 0 unspecified atom stereocenters. The van der Waals surface area contributed by atoms with Crippen molar-refractivity contribution in [2.24, 2.45) is 0 Å². The van der Waals surface area contributed by atoms with Gasteiger partial charge < -0.3 is 10.1 Å². The maximum absolute atomic E-state index is 12.8. The molecule has 5 heteroatoms. The second-order valence-corrected chi connectivity index (χ2v) is 8.07. The van der Waals surface area contributed by atoms with Gasteiger partial charge in [0, 0.05) is 24.1 Å². The highest BCUT2D eigenvalue weighted by atomic mass is 79.9. The number of ether oxygens (including phenoxy) is 1. The Kier molecular flexibility index (Phi) is 5.11. The molecule has 1 saturated heterocycles. The van der Waals surface area contributed by atoms with Crippen LogP contribution >= 0.6 is 15.9 Å². The Labute approximate surface area is 162 Å². The molecule has 0 radical (unpaired) electrons. The van der Waals surface area contributed by atoms with Crippen LogP contribution < -0.4 is 5.32 Å². The number of amides is 1. The first-order valence-corrected chi connectivity index (χ1v) is 9.90. The molecule has 0 spiro atoms. The molecular formula is C21H23BrN2O2. The summed E-state index contributed by atoms with van der Waals surface area (Å²) < 4.78 is 6.83. The van der Waals surface area contributed by atoms with Crippen molar-refractivity contribution in [3.05, 3.63) is 70.2 Å². The van der Waals surface area contributed by atoms with E-state index in [0.717, 1.165) is 30.4 Å². The van der Waals surface area contributed by atoms with Crippen molar-refractivity contribution in [3.63, 3.8) is 0 Å². The minimum Gasteiger partial charge on any atom is -0.366 e. The summed E-state index contributed by atoms with van der Waals surface area (Å²) in [4.78, 5) is 15.1. The average Bonchev–Trinajstić information content (AvgIpc) is 3.44. The Morgan fingerprint density at radius 2 is 1.88 bits per heavy atom. The Hall–Kier alpha value is -1.69. The van der Waals surface area contributed by atoms with E-state index in [9.17, 15) is 4.79 Å². The molecule has 26 heavy (non-hydrogen) atoms. The molecule has 1 atom stereocenters. The first-order chi connectivity index (χ1) is 12.6. The maximum atomic E-state index is 12.8. The zero-order chi connectivity index (χ0) is 18.0. The summed E-state index contributed by atoms with van der Waals surface area (Å²) in [5, 5.41) is 3.25. The molecule has 2 fully saturated rings. The van der Waals surface area contributed by atoms with Gasteiger partial charge in [-0.15, -0.1) is 0 Å². The van der Waals surface area contributed by atoms with Crippen LogP contribution in [0.4, 0.5) is 0 Å². The fourth-order valence-corrected chi connectivity index (χ4v) is 3.81. The maximum Gasteiger partial charge on any atom is 0.251 e. The third kappa shape index (κ3) is 4.00. The average molecular weight is 415 g/mol. The number of hydrogen-bond acceptors (Lipinski definition) is 3. The molecule has 1 N–H and O–H groups in total. The molecule has 2 aromatic carbocycles. The number of carbonyl (C=O) groups is 1. The van der Waals surface area contributed by atoms with Crippen molar-refractivity contribution in [2.75, 3.05) is 19.7 Å². The number of benzene rings is 2. The van der Waals surface area contributed by atoms with Crippen molar-refractivity contribution in [3.8, 4) is 0 Å². The van der Waals surface area contributed by atoms with E-state index in [1.54, 1.807) is 0 Å². The number of nitrogens with zero attached hydrogens (tertiary/aromatic N) is 1. The van der Waals surface area contributed by atoms with Crippen LogP contribution in [0.5, 0.6) is 0 Å². The van der Waals surface area contributed by atoms with Crippen LogP contribution in [0.25, 0.3) is 0 Å². The van der Waals surface area contributed by atoms with E-state index >= 15 is 0 Å².